The van der Waals surface area contributed by atoms with Gasteiger partial charge in [0.15, 0.2) is 0 Å². The Balaban J connectivity index is 1.37. The molecule has 0 unspecified atom stereocenters. The minimum atomic E-state index is 0.112. The molecule has 2 aliphatic rings. The van der Waals surface area contributed by atoms with Crippen LogP contribution in [0.4, 0.5) is 0 Å². The highest BCUT2D eigenvalue weighted by atomic mass is 16.3. The summed E-state index contributed by atoms with van der Waals surface area (Å²) >= 11 is 0. The number of carbonyl (C=O) groups is 1. The van der Waals surface area contributed by atoms with Crippen LogP contribution < -0.4 is 5.32 Å². The summed E-state index contributed by atoms with van der Waals surface area (Å²) in [6.07, 6.45) is 7.02. The number of hydrogen-bond acceptors (Lipinski definition) is 3. The molecular formula is C20H26N2O2. The zero-order valence-corrected chi connectivity index (χ0v) is 14.6. The van der Waals surface area contributed by atoms with Crippen LogP contribution in [0.2, 0.25) is 0 Å². The van der Waals surface area contributed by atoms with Crippen molar-refractivity contribution in [3.63, 3.8) is 0 Å². The van der Waals surface area contributed by atoms with Gasteiger partial charge in [-0.15, -0.1) is 0 Å². The number of aryl methyl sites for hydroxylation is 2. The van der Waals surface area contributed by atoms with E-state index in [-0.39, 0.29) is 5.91 Å². The summed E-state index contributed by atoms with van der Waals surface area (Å²) in [5, 5.41) is 4.29. The van der Waals surface area contributed by atoms with Gasteiger partial charge < -0.3 is 14.6 Å². The number of amides is 1. The molecule has 1 N–H and O–H groups in total. The largest absolute Gasteiger partial charge is 0.464 e. The molecule has 24 heavy (non-hydrogen) atoms. The molecule has 4 rings (SSSR count). The van der Waals surface area contributed by atoms with Crippen molar-refractivity contribution in [2.24, 2.45) is 0 Å². The number of carbonyl (C=O) groups excluding carboxylic acids is 1. The lowest BCUT2D eigenvalue weighted by molar-refractivity contribution is -0.121. The summed E-state index contributed by atoms with van der Waals surface area (Å²) < 4.78 is 5.71. The fourth-order valence-corrected chi connectivity index (χ4v) is 3.83. The normalized spacial score (nSPS) is 19.8. The average molecular weight is 326 g/mol. The maximum absolute atomic E-state index is 12.4. The summed E-state index contributed by atoms with van der Waals surface area (Å²) in [6, 6.07) is 5.33. The SMILES string of the molecule is Cc1ccc2c(CC(=O)NC3CCN(C4CC4)CC3)coc2c1C. The zero-order chi connectivity index (χ0) is 16.7. The van der Waals surface area contributed by atoms with Crippen LogP contribution in [0, 0.1) is 13.8 Å². The van der Waals surface area contributed by atoms with Gasteiger partial charge in [0, 0.05) is 36.1 Å². The predicted molar refractivity (Wildman–Crippen MR) is 95.2 cm³/mol. The van der Waals surface area contributed by atoms with Gasteiger partial charge in [0.2, 0.25) is 5.91 Å². The topological polar surface area (TPSA) is 45.5 Å². The lowest BCUT2D eigenvalue weighted by Gasteiger charge is -2.32. The summed E-state index contributed by atoms with van der Waals surface area (Å²) in [6.45, 7) is 6.40. The molecule has 4 heteroatoms. The summed E-state index contributed by atoms with van der Waals surface area (Å²) in [4.78, 5) is 15.0. The van der Waals surface area contributed by atoms with E-state index in [2.05, 4.69) is 36.2 Å². The van der Waals surface area contributed by atoms with Crippen LogP contribution in [0.25, 0.3) is 11.0 Å². The van der Waals surface area contributed by atoms with Gasteiger partial charge in [-0.25, -0.2) is 0 Å². The summed E-state index contributed by atoms with van der Waals surface area (Å²) in [5.74, 6) is 0.112. The molecule has 1 saturated carbocycles. The summed E-state index contributed by atoms with van der Waals surface area (Å²) in [5.41, 5.74) is 4.28. The average Bonchev–Trinajstić information content (AvgIpc) is 3.34. The summed E-state index contributed by atoms with van der Waals surface area (Å²) in [7, 11) is 0. The van der Waals surface area contributed by atoms with Crippen molar-refractivity contribution in [2.75, 3.05) is 13.1 Å². The van der Waals surface area contributed by atoms with Crippen molar-refractivity contribution >= 4 is 16.9 Å². The minimum absolute atomic E-state index is 0.112. The van der Waals surface area contributed by atoms with Gasteiger partial charge in [0.1, 0.15) is 5.58 Å². The molecule has 1 aromatic heterocycles. The smallest absolute Gasteiger partial charge is 0.224 e. The Labute approximate surface area is 143 Å². The molecule has 2 fully saturated rings. The van der Waals surface area contributed by atoms with E-state index in [1.165, 1.54) is 18.4 Å². The first-order valence-corrected chi connectivity index (χ1v) is 9.11. The molecule has 128 valence electrons. The molecule has 0 bridgehead atoms. The molecular weight excluding hydrogens is 300 g/mol. The van der Waals surface area contributed by atoms with Crippen LogP contribution in [0.3, 0.4) is 0 Å². The highest BCUT2D eigenvalue weighted by Gasteiger charge is 2.32. The first-order chi connectivity index (χ1) is 11.6. The molecule has 0 radical (unpaired) electrons. The Morgan fingerprint density at radius 1 is 1.21 bits per heavy atom. The van der Waals surface area contributed by atoms with Gasteiger partial charge >= 0.3 is 0 Å². The van der Waals surface area contributed by atoms with E-state index in [1.54, 1.807) is 6.26 Å². The highest BCUT2D eigenvalue weighted by Crippen LogP contribution is 2.29. The van der Waals surface area contributed by atoms with Gasteiger partial charge in [-0.3, -0.25) is 4.79 Å². The van der Waals surface area contributed by atoms with Gasteiger partial charge in [-0.2, -0.15) is 0 Å². The fourth-order valence-electron chi connectivity index (χ4n) is 3.83. The van der Waals surface area contributed by atoms with Gasteiger partial charge in [-0.1, -0.05) is 12.1 Å². The van der Waals surface area contributed by atoms with Crippen molar-refractivity contribution < 1.29 is 9.21 Å². The van der Waals surface area contributed by atoms with E-state index < -0.39 is 0 Å². The monoisotopic (exact) mass is 326 g/mol. The van der Waals surface area contributed by atoms with Crippen LogP contribution in [0.15, 0.2) is 22.8 Å². The first-order valence-electron chi connectivity index (χ1n) is 9.11. The van der Waals surface area contributed by atoms with Crippen LogP contribution in [0.1, 0.15) is 42.4 Å². The zero-order valence-electron chi connectivity index (χ0n) is 14.6. The van der Waals surface area contributed by atoms with Crippen LogP contribution in [-0.4, -0.2) is 36.0 Å². The quantitative estimate of drug-likeness (QED) is 0.937. The molecule has 0 atom stereocenters. The lowest BCUT2D eigenvalue weighted by Crippen LogP contribution is -2.45. The minimum Gasteiger partial charge on any atom is -0.464 e. The Hall–Kier alpha value is -1.81. The standard InChI is InChI=1S/C20H26N2O2/c1-13-3-6-18-15(12-24-20(18)14(13)2)11-19(23)21-16-7-9-22(10-8-16)17-4-5-17/h3,6,12,16-17H,4-5,7-11H2,1-2H3,(H,21,23). The van der Waals surface area contributed by atoms with Crippen molar-refractivity contribution in [1.82, 2.24) is 10.2 Å². The Morgan fingerprint density at radius 2 is 1.96 bits per heavy atom. The van der Waals surface area contributed by atoms with E-state index in [0.717, 1.165) is 54.1 Å². The second-order valence-electron chi connectivity index (χ2n) is 7.43. The molecule has 1 aliphatic heterocycles. The Morgan fingerprint density at radius 3 is 2.67 bits per heavy atom. The molecule has 1 aliphatic carbocycles. The Bertz CT molecular complexity index is 752. The van der Waals surface area contributed by atoms with Crippen molar-refractivity contribution in [3.05, 3.63) is 35.1 Å². The Kier molecular flexibility index (Phi) is 4.09. The maximum Gasteiger partial charge on any atom is 0.224 e. The van der Waals surface area contributed by atoms with Crippen molar-refractivity contribution in [3.8, 4) is 0 Å². The third-order valence-corrected chi connectivity index (χ3v) is 5.65. The lowest BCUT2D eigenvalue weighted by atomic mass is 10.0. The van der Waals surface area contributed by atoms with E-state index >= 15 is 0 Å². The number of likely N-dealkylation sites (tertiary alicyclic amines) is 1. The predicted octanol–water partition coefficient (Wildman–Crippen LogP) is 3.34. The van der Waals surface area contributed by atoms with Crippen molar-refractivity contribution in [2.45, 2.75) is 58.0 Å². The number of rotatable bonds is 4. The third-order valence-electron chi connectivity index (χ3n) is 5.65. The fraction of sp³-hybridized carbons (Fsp3) is 0.550. The molecule has 2 aromatic rings. The van der Waals surface area contributed by atoms with Gasteiger partial charge in [-0.05, 0) is 50.7 Å². The van der Waals surface area contributed by atoms with E-state index in [1.807, 2.05) is 0 Å². The van der Waals surface area contributed by atoms with E-state index in [4.69, 9.17) is 4.42 Å². The molecule has 2 heterocycles. The van der Waals surface area contributed by atoms with Crippen molar-refractivity contribution in [1.29, 1.82) is 0 Å². The van der Waals surface area contributed by atoms with Crippen LogP contribution >= 0.6 is 0 Å². The number of fused-ring (bicyclic) bond motifs is 1. The number of furan rings is 1. The second-order valence-corrected chi connectivity index (χ2v) is 7.43. The second kappa shape index (κ2) is 6.25. The molecule has 4 nitrogen and oxygen atoms in total. The number of nitrogens with zero attached hydrogens (tertiary/aromatic N) is 1. The first kappa shape index (κ1) is 15.7. The number of piperidine rings is 1. The third kappa shape index (κ3) is 3.07. The van der Waals surface area contributed by atoms with Gasteiger partial charge in [0.25, 0.3) is 0 Å². The maximum atomic E-state index is 12.4. The molecule has 1 saturated heterocycles. The number of hydrogen-bond donors (Lipinski definition) is 1. The van der Waals surface area contributed by atoms with E-state index in [9.17, 15) is 4.79 Å². The highest BCUT2D eigenvalue weighted by molar-refractivity contribution is 5.89. The van der Waals surface area contributed by atoms with E-state index in [0.29, 0.717) is 12.5 Å². The molecule has 1 amide bonds. The van der Waals surface area contributed by atoms with Gasteiger partial charge in [0.05, 0.1) is 12.7 Å². The van der Waals surface area contributed by atoms with Crippen LogP contribution in [-0.2, 0) is 11.2 Å². The number of benzene rings is 1. The molecule has 0 spiro atoms. The van der Waals surface area contributed by atoms with Crippen LogP contribution in [0.5, 0.6) is 0 Å². The number of nitrogens with one attached hydrogen (secondary N) is 1. The molecule has 1 aromatic carbocycles.